The molecule has 1 aromatic heterocycles. The normalized spacial score (nSPS) is 19.6. The number of aliphatic carboxylic acids is 1. The monoisotopic (exact) mass is 279 g/mol. The molecule has 0 radical (unpaired) electrons. The summed E-state index contributed by atoms with van der Waals surface area (Å²) in [6.45, 7) is 4.72. The topological polar surface area (TPSA) is 75.4 Å². The first-order chi connectivity index (χ1) is 9.50. The van der Waals surface area contributed by atoms with E-state index in [1.54, 1.807) is 28.0 Å². The SMILES string of the molecule is CCC1(C(=O)O)CCN(C(=O)C(C)n2cccn2)CC1. The zero-order valence-corrected chi connectivity index (χ0v) is 12.0. The van der Waals surface area contributed by atoms with Gasteiger partial charge in [-0.25, -0.2) is 0 Å². The summed E-state index contributed by atoms with van der Waals surface area (Å²) in [7, 11) is 0. The number of aromatic nitrogens is 2. The number of carboxylic acids is 1. The largest absolute Gasteiger partial charge is 0.481 e. The lowest BCUT2D eigenvalue weighted by Crippen LogP contribution is -2.48. The molecule has 1 saturated heterocycles. The van der Waals surface area contributed by atoms with E-state index in [0.29, 0.717) is 32.4 Å². The molecule has 0 aromatic carbocycles. The Morgan fingerprint density at radius 2 is 2.05 bits per heavy atom. The third-order valence-electron chi connectivity index (χ3n) is 4.44. The highest BCUT2D eigenvalue weighted by Gasteiger charge is 2.41. The van der Waals surface area contributed by atoms with E-state index in [1.807, 2.05) is 13.8 Å². The number of nitrogens with zero attached hydrogens (tertiary/aromatic N) is 3. The number of likely N-dealkylation sites (tertiary alicyclic amines) is 1. The van der Waals surface area contributed by atoms with Gasteiger partial charge in [-0.1, -0.05) is 6.92 Å². The molecule has 20 heavy (non-hydrogen) atoms. The van der Waals surface area contributed by atoms with E-state index in [1.165, 1.54) is 0 Å². The van der Waals surface area contributed by atoms with Crippen LogP contribution < -0.4 is 0 Å². The number of carboxylic acid groups (broad SMARTS) is 1. The Balaban J connectivity index is 2.00. The van der Waals surface area contributed by atoms with Gasteiger partial charge in [0, 0.05) is 25.5 Å². The Bertz CT molecular complexity index is 476. The van der Waals surface area contributed by atoms with Crippen LogP contribution >= 0.6 is 0 Å². The van der Waals surface area contributed by atoms with Crippen LogP contribution in [0.5, 0.6) is 0 Å². The molecule has 6 nitrogen and oxygen atoms in total. The summed E-state index contributed by atoms with van der Waals surface area (Å²) in [6.07, 6.45) is 5.07. The van der Waals surface area contributed by atoms with Crippen molar-refractivity contribution in [1.82, 2.24) is 14.7 Å². The van der Waals surface area contributed by atoms with Gasteiger partial charge in [0.25, 0.3) is 0 Å². The minimum Gasteiger partial charge on any atom is -0.481 e. The molecule has 0 aliphatic carbocycles. The molecule has 0 bridgehead atoms. The average molecular weight is 279 g/mol. The first-order valence-electron chi connectivity index (χ1n) is 7.01. The second-order valence-corrected chi connectivity index (χ2v) is 5.43. The third-order valence-corrected chi connectivity index (χ3v) is 4.44. The maximum absolute atomic E-state index is 12.4. The van der Waals surface area contributed by atoms with Gasteiger partial charge in [0.15, 0.2) is 0 Å². The molecule has 1 N–H and O–H groups in total. The minimum atomic E-state index is -0.743. The lowest BCUT2D eigenvalue weighted by Gasteiger charge is -2.39. The first-order valence-corrected chi connectivity index (χ1v) is 7.01. The lowest BCUT2D eigenvalue weighted by molar-refractivity contribution is -0.155. The number of rotatable bonds is 4. The smallest absolute Gasteiger partial charge is 0.309 e. The van der Waals surface area contributed by atoms with Crippen LogP contribution in [0.4, 0.5) is 0 Å². The van der Waals surface area contributed by atoms with Crippen molar-refractivity contribution in [1.29, 1.82) is 0 Å². The number of carbonyl (C=O) groups is 2. The van der Waals surface area contributed by atoms with E-state index >= 15 is 0 Å². The van der Waals surface area contributed by atoms with Crippen LogP contribution in [-0.4, -0.2) is 44.8 Å². The van der Waals surface area contributed by atoms with Crippen LogP contribution in [0.25, 0.3) is 0 Å². The van der Waals surface area contributed by atoms with Crippen molar-refractivity contribution in [2.75, 3.05) is 13.1 Å². The van der Waals surface area contributed by atoms with E-state index < -0.39 is 11.4 Å². The number of piperidine rings is 1. The molecular formula is C14H21N3O3. The molecule has 2 rings (SSSR count). The highest BCUT2D eigenvalue weighted by Crippen LogP contribution is 2.35. The summed E-state index contributed by atoms with van der Waals surface area (Å²) in [4.78, 5) is 25.5. The molecule has 1 fully saturated rings. The summed E-state index contributed by atoms with van der Waals surface area (Å²) in [5.41, 5.74) is -0.661. The molecule has 0 saturated carbocycles. The fourth-order valence-electron chi connectivity index (χ4n) is 2.76. The Hall–Kier alpha value is -1.85. The van der Waals surface area contributed by atoms with E-state index in [2.05, 4.69) is 5.10 Å². The van der Waals surface area contributed by atoms with Gasteiger partial charge < -0.3 is 10.0 Å². The second-order valence-electron chi connectivity index (χ2n) is 5.43. The number of amides is 1. The summed E-state index contributed by atoms with van der Waals surface area (Å²) in [5, 5.41) is 13.4. The Morgan fingerprint density at radius 3 is 2.50 bits per heavy atom. The van der Waals surface area contributed by atoms with Gasteiger partial charge in [0.2, 0.25) is 5.91 Å². The standard InChI is InChI=1S/C14H21N3O3/c1-3-14(13(19)20)5-9-16(10-6-14)12(18)11(2)17-8-4-7-15-17/h4,7-8,11H,3,5-6,9-10H2,1-2H3,(H,19,20). The fourth-order valence-corrected chi connectivity index (χ4v) is 2.76. The number of carbonyl (C=O) groups excluding carboxylic acids is 1. The predicted molar refractivity (Wildman–Crippen MR) is 73.1 cm³/mol. The molecule has 1 aromatic rings. The quantitative estimate of drug-likeness (QED) is 0.907. The summed E-state index contributed by atoms with van der Waals surface area (Å²) in [5.74, 6) is -0.740. The van der Waals surface area contributed by atoms with Gasteiger partial charge in [0.1, 0.15) is 6.04 Å². The Labute approximate surface area is 118 Å². The van der Waals surface area contributed by atoms with Gasteiger partial charge in [-0.15, -0.1) is 0 Å². The Kier molecular flexibility index (Phi) is 4.11. The van der Waals surface area contributed by atoms with Crippen molar-refractivity contribution in [3.8, 4) is 0 Å². The van der Waals surface area contributed by atoms with Crippen LogP contribution in [0.15, 0.2) is 18.5 Å². The molecule has 0 spiro atoms. The van der Waals surface area contributed by atoms with Crippen molar-refractivity contribution in [3.63, 3.8) is 0 Å². The molecule has 1 aliphatic heterocycles. The van der Waals surface area contributed by atoms with Crippen molar-refractivity contribution < 1.29 is 14.7 Å². The van der Waals surface area contributed by atoms with Gasteiger partial charge in [-0.2, -0.15) is 5.10 Å². The van der Waals surface area contributed by atoms with E-state index in [9.17, 15) is 14.7 Å². The second kappa shape index (κ2) is 5.64. The van der Waals surface area contributed by atoms with Crippen molar-refractivity contribution in [2.45, 2.75) is 39.2 Å². The van der Waals surface area contributed by atoms with Gasteiger partial charge in [-0.3, -0.25) is 14.3 Å². The van der Waals surface area contributed by atoms with Crippen LogP contribution in [0.2, 0.25) is 0 Å². The van der Waals surface area contributed by atoms with Crippen molar-refractivity contribution in [3.05, 3.63) is 18.5 Å². The molecular weight excluding hydrogens is 258 g/mol. The molecule has 2 heterocycles. The molecule has 1 aliphatic rings. The maximum atomic E-state index is 12.4. The zero-order chi connectivity index (χ0) is 14.8. The predicted octanol–water partition coefficient (Wildman–Crippen LogP) is 1.55. The highest BCUT2D eigenvalue weighted by atomic mass is 16.4. The first kappa shape index (κ1) is 14.6. The van der Waals surface area contributed by atoms with E-state index in [0.717, 1.165) is 0 Å². The van der Waals surface area contributed by atoms with E-state index in [4.69, 9.17) is 0 Å². The van der Waals surface area contributed by atoms with Crippen LogP contribution in [0.3, 0.4) is 0 Å². The molecule has 1 amide bonds. The molecule has 110 valence electrons. The Morgan fingerprint density at radius 1 is 1.40 bits per heavy atom. The number of hydrogen-bond acceptors (Lipinski definition) is 3. The molecule has 1 unspecified atom stereocenters. The van der Waals surface area contributed by atoms with Crippen LogP contribution in [0.1, 0.15) is 39.2 Å². The van der Waals surface area contributed by atoms with Crippen LogP contribution in [-0.2, 0) is 9.59 Å². The van der Waals surface area contributed by atoms with Gasteiger partial charge in [0.05, 0.1) is 5.41 Å². The van der Waals surface area contributed by atoms with E-state index in [-0.39, 0.29) is 11.9 Å². The molecule has 6 heteroatoms. The summed E-state index contributed by atoms with van der Waals surface area (Å²) in [6, 6.07) is 1.44. The van der Waals surface area contributed by atoms with Crippen LogP contribution in [0, 0.1) is 5.41 Å². The summed E-state index contributed by atoms with van der Waals surface area (Å²) < 4.78 is 1.63. The minimum absolute atomic E-state index is 0.00351. The fraction of sp³-hybridized carbons (Fsp3) is 0.643. The third kappa shape index (κ3) is 2.55. The maximum Gasteiger partial charge on any atom is 0.309 e. The lowest BCUT2D eigenvalue weighted by atomic mass is 9.76. The highest BCUT2D eigenvalue weighted by molar-refractivity contribution is 5.81. The zero-order valence-electron chi connectivity index (χ0n) is 12.0. The van der Waals surface area contributed by atoms with Gasteiger partial charge in [-0.05, 0) is 32.3 Å². The van der Waals surface area contributed by atoms with Gasteiger partial charge >= 0.3 is 5.97 Å². The summed E-state index contributed by atoms with van der Waals surface area (Å²) >= 11 is 0. The average Bonchev–Trinajstić information content (AvgIpc) is 2.99. The molecule has 1 atom stereocenters. The van der Waals surface area contributed by atoms with Crippen molar-refractivity contribution in [2.24, 2.45) is 5.41 Å². The number of hydrogen-bond donors (Lipinski definition) is 1. The van der Waals surface area contributed by atoms with Crippen molar-refractivity contribution >= 4 is 11.9 Å².